The molecular formula is C32H34N2O6. The highest BCUT2D eigenvalue weighted by molar-refractivity contribution is 6.46. The fourth-order valence-electron chi connectivity index (χ4n) is 5.15. The zero-order valence-electron chi connectivity index (χ0n) is 22.8. The second-order valence-corrected chi connectivity index (χ2v) is 10.0. The second kappa shape index (κ2) is 12.4. The van der Waals surface area contributed by atoms with Gasteiger partial charge in [0.2, 0.25) is 0 Å². The highest BCUT2D eigenvalue weighted by atomic mass is 16.5. The topological polar surface area (TPSA) is 88.5 Å². The molecule has 2 aliphatic rings. The van der Waals surface area contributed by atoms with Crippen LogP contribution in [0.3, 0.4) is 0 Å². The van der Waals surface area contributed by atoms with E-state index in [9.17, 15) is 14.7 Å². The van der Waals surface area contributed by atoms with Crippen LogP contribution in [0.2, 0.25) is 0 Å². The Morgan fingerprint density at radius 2 is 1.65 bits per heavy atom. The molecule has 2 heterocycles. The van der Waals surface area contributed by atoms with Gasteiger partial charge in [-0.05, 0) is 54.4 Å². The molecule has 2 fully saturated rings. The van der Waals surface area contributed by atoms with E-state index >= 15 is 0 Å². The van der Waals surface area contributed by atoms with Gasteiger partial charge in [-0.2, -0.15) is 0 Å². The molecule has 1 N–H and O–H groups in total. The summed E-state index contributed by atoms with van der Waals surface area (Å²) in [6, 6.07) is 21.5. The molecule has 8 heteroatoms. The first-order valence-electron chi connectivity index (χ1n) is 13.5. The number of amides is 1. The van der Waals surface area contributed by atoms with Crippen molar-refractivity contribution in [1.29, 1.82) is 0 Å². The molecule has 0 aliphatic carbocycles. The zero-order valence-corrected chi connectivity index (χ0v) is 22.8. The Morgan fingerprint density at radius 1 is 0.950 bits per heavy atom. The molecule has 0 aromatic heterocycles. The molecule has 1 atom stereocenters. The third-order valence-corrected chi connectivity index (χ3v) is 7.35. The zero-order chi connectivity index (χ0) is 28.1. The van der Waals surface area contributed by atoms with Crippen molar-refractivity contribution in [3.63, 3.8) is 0 Å². The predicted molar refractivity (Wildman–Crippen MR) is 151 cm³/mol. The van der Waals surface area contributed by atoms with Crippen molar-refractivity contribution in [3.05, 3.63) is 101 Å². The normalized spacial score (nSPS) is 19.1. The molecule has 208 valence electrons. The van der Waals surface area contributed by atoms with Crippen LogP contribution in [0.5, 0.6) is 11.5 Å². The molecule has 8 nitrogen and oxygen atoms in total. The van der Waals surface area contributed by atoms with Crippen molar-refractivity contribution in [2.45, 2.75) is 19.6 Å². The van der Waals surface area contributed by atoms with Gasteiger partial charge in [0.05, 0.1) is 31.9 Å². The highest BCUT2D eigenvalue weighted by Gasteiger charge is 2.46. The molecule has 2 aliphatic heterocycles. The summed E-state index contributed by atoms with van der Waals surface area (Å²) in [6.45, 7) is 6.24. The van der Waals surface area contributed by atoms with E-state index in [4.69, 9.17) is 14.2 Å². The monoisotopic (exact) mass is 542 g/mol. The largest absolute Gasteiger partial charge is 0.507 e. The van der Waals surface area contributed by atoms with Crippen molar-refractivity contribution in [2.75, 3.05) is 46.5 Å². The van der Waals surface area contributed by atoms with Crippen LogP contribution in [0.4, 0.5) is 0 Å². The Kier molecular flexibility index (Phi) is 8.48. The van der Waals surface area contributed by atoms with Crippen molar-refractivity contribution >= 4 is 17.4 Å². The molecule has 0 unspecified atom stereocenters. The molecule has 2 saturated heterocycles. The number of benzene rings is 3. The number of aryl methyl sites for hydroxylation is 1. The Balaban J connectivity index is 1.41. The van der Waals surface area contributed by atoms with Crippen molar-refractivity contribution < 1.29 is 28.9 Å². The Morgan fingerprint density at radius 3 is 2.33 bits per heavy atom. The van der Waals surface area contributed by atoms with Crippen molar-refractivity contribution in [1.82, 2.24) is 9.80 Å². The van der Waals surface area contributed by atoms with Crippen molar-refractivity contribution in [3.8, 4) is 11.5 Å². The van der Waals surface area contributed by atoms with Gasteiger partial charge in [0.25, 0.3) is 11.7 Å². The first-order valence-corrected chi connectivity index (χ1v) is 13.5. The second-order valence-electron chi connectivity index (χ2n) is 10.0. The summed E-state index contributed by atoms with van der Waals surface area (Å²) in [6.07, 6.45) is 0. The smallest absolute Gasteiger partial charge is 0.295 e. The molecule has 0 spiro atoms. The van der Waals surface area contributed by atoms with Crippen molar-refractivity contribution in [2.24, 2.45) is 0 Å². The summed E-state index contributed by atoms with van der Waals surface area (Å²) in [7, 11) is 1.58. The number of Topliss-reactive ketones (excluding diaryl/α,β-unsaturated/α-hetero) is 1. The summed E-state index contributed by atoms with van der Waals surface area (Å²) >= 11 is 0. The van der Waals surface area contributed by atoms with Crippen LogP contribution in [0.1, 0.15) is 28.3 Å². The first-order chi connectivity index (χ1) is 19.4. The number of morpholine rings is 1. The quantitative estimate of drug-likeness (QED) is 0.245. The van der Waals surface area contributed by atoms with Gasteiger partial charge in [0.1, 0.15) is 23.9 Å². The van der Waals surface area contributed by atoms with E-state index in [2.05, 4.69) is 11.0 Å². The number of carbonyl (C=O) groups excluding carboxylic acids is 2. The van der Waals surface area contributed by atoms with Crippen LogP contribution >= 0.6 is 0 Å². The van der Waals surface area contributed by atoms with Crippen LogP contribution in [0.15, 0.2) is 78.4 Å². The molecule has 0 bridgehead atoms. The fraction of sp³-hybridized carbons (Fsp3) is 0.312. The van der Waals surface area contributed by atoms with E-state index < -0.39 is 17.7 Å². The minimum atomic E-state index is -0.718. The molecular weight excluding hydrogens is 508 g/mol. The third-order valence-electron chi connectivity index (χ3n) is 7.35. The lowest BCUT2D eigenvalue weighted by molar-refractivity contribution is -0.140. The average molecular weight is 543 g/mol. The standard InChI is InChI=1S/C32H34N2O6/c1-22-4-3-5-23(20-22)21-40-27-12-8-25(9-13-27)30(35)28-29(24-6-10-26(38-2)11-7-24)34(32(37)31(28)36)15-14-33-16-18-39-19-17-33/h3-13,20,29,35H,14-19,21H2,1-2H3/t29-/m0/s1. The van der Waals surface area contributed by atoms with E-state index in [0.29, 0.717) is 50.0 Å². The van der Waals surface area contributed by atoms with Gasteiger partial charge in [-0.1, -0.05) is 42.0 Å². The number of hydrogen-bond acceptors (Lipinski definition) is 7. The van der Waals surface area contributed by atoms with Crippen LogP contribution in [-0.4, -0.2) is 73.1 Å². The minimum absolute atomic E-state index is 0.0746. The van der Waals surface area contributed by atoms with Gasteiger partial charge in [-0.25, -0.2) is 0 Å². The Hall–Kier alpha value is -4.14. The number of hydrogen-bond donors (Lipinski definition) is 1. The molecule has 3 aromatic carbocycles. The van der Waals surface area contributed by atoms with E-state index in [1.807, 2.05) is 37.3 Å². The number of carbonyl (C=O) groups is 2. The van der Waals surface area contributed by atoms with Crippen LogP contribution in [-0.2, 0) is 20.9 Å². The number of aliphatic hydroxyl groups excluding tert-OH is 1. The number of ketones is 1. The molecule has 0 saturated carbocycles. The van der Waals surface area contributed by atoms with E-state index in [0.717, 1.165) is 29.8 Å². The summed E-state index contributed by atoms with van der Waals surface area (Å²) in [5.41, 5.74) is 3.46. The highest BCUT2D eigenvalue weighted by Crippen LogP contribution is 2.40. The van der Waals surface area contributed by atoms with E-state index in [1.54, 1.807) is 48.4 Å². The number of likely N-dealkylation sites (tertiary alicyclic amines) is 1. The lowest BCUT2D eigenvalue weighted by atomic mass is 9.95. The summed E-state index contributed by atoms with van der Waals surface area (Å²) < 4.78 is 16.6. The number of rotatable bonds is 9. The Bertz CT molecular complexity index is 1380. The maximum absolute atomic E-state index is 13.4. The summed E-state index contributed by atoms with van der Waals surface area (Å²) in [4.78, 5) is 30.4. The predicted octanol–water partition coefficient (Wildman–Crippen LogP) is 4.34. The fourth-order valence-corrected chi connectivity index (χ4v) is 5.15. The lowest BCUT2D eigenvalue weighted by Crippen LogP contribution is -2.42. The average Bonchev–Trinajstić information content (AvgIpc) is 3.24. The maximum atomic E-state index is 13.4. The summed E-state index contributed by atoms with van der Waals surface area (Å²) in [5.74, 6) is -0.224. The van der Waals surface area contributed by atoms with Gasteiger partial charge in [-0.3, -0.25) is 14.5 Å². The molecule has 40 heavy (non-hydrogen) atoms. The lowest BCUT2D eigenvalue weighted by Gasteiger charge is -2.31. The van der Waals surface area contributed by atoms with Crippen LogP contribution in [0.25, 0.3) is 5.76 Å². The van der Waals surface area contributed by atoms with Gasteiger partial charge in [0, 0.05) is 31.7 Å². The number of ether oxygens (including phenoxy) is 3. The molecule has 0 radical (unpaired) electrons. The number of methoxy groups -OCH3 is 1. The minimum Gasteiger partial charge on any atom is -0.507 e. The molecule has 1 amide bonds. The SMILES string of the molecule is COc1ccc([C@H]2C(=C(O)c3ccc(OCc4cccc(C)c4)cc3)C(=O)C(=O)N2CCN2CCOCC2)cc1. The van der Waals surface area contributed by atoms with Crippen LogP contribution in [0, 0.1) is 6.92 Å². The number of nitrogens with zero attached hydrogens (tertiary/aromatic N) is 2. The number of aliphatic hydroxyl groups is 1. The van der Waals surface area contributed by atoms with Gasteiger partial charge >= 0.3 is 0 Å². The first kappa shape index (κ1) is 27.4. The molecule has 5 rings (SSSR count). The van der Waals surface area contributed by atoms with Gasteiger partial charge < -0.3 is 24.2 Å². The van der Waals surface area contributed by atoms with Crippen LogP contribution < -0.4 is 9.47 Å². The van der Waals surface area contributed by atoms with Gasteiger partial charge in [-0.15, -0.1) is 0 Å². The third kappa shape index (κ3) is 6.03. The van der Waals surface area contributed by atoms with E-state index in [1.165, 1.54) is 0 Å². The van der Waals surface area contributed by atoms with E-state index in [-0.39, 0.29) is 11.3 Å². The van der Waals surface area contributed by atoms with Gasteiger partial charge in [0.15, 0.2) is 0 Å². The Labute approximate surface area is 234 Å². The molecule has 3 aromatic rings. The summed E-state index contributed by atoms with van der Waals surface area (Å²) in [5, 5.41) is 11.4. The maximum Gasteiger partial charge on any atom is 0.295 e.